The Kier molecular flexibility index (Phi) is 7.74. The molecule has 0 aliphatic heterocycles. The van der Waals surface area contributed by atoms with Crippen LogP contribution in [0.4, 0.5) is 0 Å². The zero-order chi connectivity index (χ0) is 18.9. The third kappa shape index (κ3) is 6.09. The van der Waals surface area contributed by atoms with Crippen LogP contribution in [-0.4, -0.2) is 11.6 Å². The van der Waals surface area contributed by atoms with Gasteiger partial charge in [-0.25, -0.2) is 0 Å². The van der Waals surface area contributed by atoms with Gasteiger partial charge in [0.15, 0.2) is 0 Å². The van der Waals surface area contributed by atoms with Crippen molar-refractivity contribution in [3.05, 3.63) is 48.2 Å². The van der Waals surface area contributed by atoms with Crippen molar-refractivity contribution in [2.45, 2.75) is 71.6 Å². The summed E-state index contributed by atoms with van der Waals surface area (Å²) in [6, 6.07) is 13.0. The zero-order valence-electron chi connectivity index (χ0n) is 17.1. The quantitative estimate of drug-likeness (QED) is 0.474. The van der Waals surface area contributed by atoms with E-state index >= 15 is 0 Å². The van der Waals surface area contributed by atoms with E-state index in [2.05, 4.69) is 36.2 Å². The summed E-state index contributed by atoms with van der Waals surface area (Å²) in [5, 5.41) is 0. The van der Waals surface area contributed by atoms with Crippen LogP contribution in [0.15, 0.2) is 42.6 Å². The average molecular weight is 366 g/mol. The second-order valence-corrected chi connectivity index (χ2v) is 8.08. The van der Waals surface area contributed by atoms with Crippen LogP contribution < -0.4 is 4.74 Å². The minimum atomic E-state index is 0.677. The van der Waals surface area contributed by atoms with Gasteiger partial charge in [-0.1, -0.05) is 76.1 Å². The van der Waals surface area contributed by atoms with Gasteiger partial charge in [-0.05, 0) is 49.3 Å². The molecule has 0 N–H and O–H groups in total. The maximum Gasteiger partial charge on any atom is 0.137 e. The van der Waals surface area contributed by atoms with Crippen molar-refractivity contribution in [1.29, 1.82) is 0 Å². The summed E-state index contributed by atoms with van der Waals surface area (Å²) >= 11 is 0. The summed E-state index contributed by atoms with van der Waals surface area (Å²) in [6.07, 6.45) is 14.4. The molecule has 0 atom stereocenters. The fourth-order valence-electron chi connectivity index (χ4n) is 4.32. The molecule has 0 radical (unpaired) electrons. The van der Waals surface area contributed by atoms with Crippen LogP contribution in [0.25, 0.3) is 11.3 Å². The Bertz CT molecular complexity index is 654. The van der Waals surface area contributed by atoms with Crippen LogP contribution in [0.3, 0.4) is 0 Å². The van der Waals surface area contributed by atoms with Crippen molar-refractivity contribution in [3.63, 3.8) is 0 Å². The van der Waals surface area contributed by atoms with Crippen LogP contribution in [0.5, 0.6) is 5.75 Å². The molecule has 3 rings (SSSR count). The minimum Gasteiger partial charge on any atom is -0.492 e. The topological polar surface area (TPSA) is 22.1 Å². The molecule has 0 amide bonds. The van der Waals surface area contributed by atoms with Gasteiger partial charge in [0.1, 0.15) is 5.75 Å². The van der Waals surface area contributed by atoms with E-state index in [-0.39, 0.29) is 0 Å². The molecule has 2 nitrogen and oxygen atoms in total. The van der Waals surface area contributed by atoms with Crippen molar-refractivity contribution in [2.75, 3.05) is 6.61 Å². The molecule has 0 saturated heterocycles. The lowest BCUT2D eigenvalue weighted by Crippen LogP contribution is -2.15. The smallest absolute Gasteiger partial charge is 0.137 e. The Morgan fingerprint density at radius 2 is 1.59 bits per heavy atom. The normalized spacial score (nSPS) is 19.8. The molecular weight excluding hydrogens is 330 g/mol. The second kappa shape index (κ2) is 10.5. The number of hydrogen-bond donors (Lipinski definition) is 0. The molecule has 1 saturated carbocycles. The number of ether oxygens (including phenoxy) is 1. The Morgan fingerprint density at radius 3 is 2.19 bits per heavy atom. The molecule has 146 valence electrons. The molecule has 1 aliphatic carbocycles. The van der Waals surface area contributed by atoms with Crippen LogP contribution >= 0.6 is 0 Å². The molecule has 1 aromatic carbocycles. The third-order valence-electron chi connectivity index (χ3n) is 6.07. The molecule has 0 bridgehead atoms. The van der Waals surface area contributed by atoms with E-state index in [0.29, 0.717) is 6.61 Å². The first-order chi connectivity index (χ1) is 13.3. The Labute approximate surface area is 165 Å². The van der Waals surface area contributed by atoms with E-state index in [0.717, 1.165) is 23.3 Å². The number of aromatic nitrogens is 1. The van der Waals surface area contributed by atoms with Gasteiger partial charge < -0.3 is 4.74 Å². The average Bonchev–Trinajstić information content (AvgIpc) is 2.73. The van der Waals surface area contributed by atoms with E-state index in [9.17, 15) is 0 Å². The van der Waals surface area contributed by atoms with E-state index in [1.54, 1.807) is 0 Å². The van der Waals surface area contributed by atoms with Gasteiger partial charge in [0.2, 0.25) is 0 Å². The van der Waals surface area contributed by atoms with Gasteiger partial charge in [-0.2, -0.15) is 0 Å². The molecule has 0 unspecified atom stereocenters. The van der Waals surface area contributed by atoms with Gasteiger partial charge in [-0.3, -0.25) is 4.98 Å². The SMILES string of the molecule is CCCC[C@H]1CC[C@H](CCc2ccc(-c3ccc(OCC)cn3)cc2)CC1. The third-order valence-corrected chi connectivity index (χ3v) is 6.07. The highest BCUT2D eigenvalue weighted by atomic mass is 16.5. The Morgan fingerprint density at radius 1 is 0.889 bits per heavy atom. The predicted octanol–water partition coefficient (Wildman–Crippen LogP) is 7.08. The predicted molar refractivity (Wildman–Crippen MR) is 114 cm³/mol. The molecular formula is C25H35NO. The number of benzene rings is 1. The van der Waals surface area contributed by atoms with Crippen molar-refractivity contribution < 1.29 is 4.74 Å². The molecule has 2 heteroatoms. The highest BCUT2D eigenvalue weighted by Gasteiger charge is 2.20. The van der Waals surface area contributed by atoms with Crippen LogP contribution in [0.2, 0.25) is 0 Å². The maximum atomic E-state index is 5.47. The first kappa shape index (κ1) is 19.9. The molecule has 1 fully saturated rings. The Balaban J connectivity index is 1.45. The maximum absolute atomic E-state index is 5.47. The molecule has 2 aromatic rings. The van der Waals surface area contributed by atoms with Crippen molar-refractivity contribution >= 4 is 0 Å². The highest BCUT2D eigenvalue weighted by Crippen LogP contribution is 2.34. The standard InChI is InChI=1S/C25H35NO/c1-3-5-6-20-7-9-21(10-8-20)11-12-22-13-15-23(16-14-22)25-18-17-24(19-26-25)27-4-2/h13-21H,3-12H2,1-2H3/t20-,21-. The van der Waals surface area contributed by atoms with E-state index in [4.69, 9.17) is 4.74 Å². The second-order valence-electron chi connectivity index (χ2n) is 8.08. The van der Waals surface area contributed by atoms with Crippen molar-refractivity contribution in [3.8, 4) is 17.0 Å². The van der Waals surface area contributed by atoms with Crippen LogP contribution in [0, 0.1) is 11.8 Å². The lowest BCUT2D eigenvalue weighted by Gasteiger charge is -2.28. The van der Waals surface area contributed by atoms with Gasteiger partial charge in [0, 0.05) is 5.56 Å². The van der Waals surface area contributed by atoms with Gasteiger partial charge >= 0.3 is 0 Å². The first-order valence-electron chi connectivity index (χ1n) is 11.0. The number of pyridine rings is 1. The first-order valence-corrected chi connectivity index (χ1v) is 11.0. The molecule has 27 heavy (non-hydrogen) atoms. The summed E-state index contributed by atoms with van der Waals surface area (Å²) in [4.78, 5) is 4.52. The fourth-order valence-corrected chi connectivity index (χ4v) is 4.32. The summed E-state index contributed by atoms with van der Waals surface area (Å²) in [7, 11) is 0. The van der Waals surface area contributed by atoms with E-state index < -0.39 is 0 Å². The monoisotopic (exact) mass is 365 g/mol. The number of hydrogen-bond acceptors (Lipinski definition) is 2. The highest BCUT2D eigenvalue weighted by molar-refractivity contribution is 5.59. The fraction of sp³-hybridized carbons (Fsp3) is 0.560. The largest absolute Gasteiger partial charge is 0.492 e. The summed E-state index contributed by atoms with van der Waals surface area (Å²) in [5.74, 6) is 2.79. The lowest BCUT2D eigenvalue weighted by atomic mass is 9.78. The number of rotatable bonds is 9. The number of nitrogens with zero attached hydrogens (tertiary/aromatic N) is 1. The minimum absolute atomic E-state index is 0.677. The van der Waals surface area contributed by atoms with Crippen LogP contribution in [0.1, 0.15) is 70.8 Å². The number of unbranched alkanes of at least 4 members (excludes halogenated alkanes) is 1. The zero-order valence-corrected chi connectivity index (χ0v) is 17.1. The molecule has 1 aromatic heterocycles. The Hall–Kier alpha value is -1.83. The van der Waals surface area contributed by atoms with Crippen molar-refractivity contribution in [2.24, 2.45) is 11.8 Å². The molecule has 1 aliphatic rings. The van der Waals surface area contributed by atoms with E-state index in [1.807, 2.05) is 25.3 Å². The summed E-state index contributed by atoms with van der Waals surface area (Å²) < 4.78 is 5.47. The van der Waals surface area contributed by atoms with Gasteiger partial charge in [-0.15, -0.1) is 0 Å². The van der Waals surface area contributed by atoms with E-state index in [1.165, 1.54) is 68.9 Å². The summed E-state index contributed by atoms with van der Waals surface area (Å²) in [6.45, 7) is 4.98. The number of aryl methyl sites for hydroxylation is 1. The van der Waals surface area contributed by atoms with Crippen molar-refractivity contribution in [1.82, 2.24) is 4.98 Å². The van der Waals surface area contributed by atoms with Gasteiger partial charge in [0.25, 0.3) is 0 Å². The lowest BCUT2D eigenvalue weighted by molar-refractivity contribution is 0.250. The van der Waals surface area contributed by atoms with Crippen LogP contribution in [-0.2, 0) is 6.42 Å². The molecule has 0 spiro atoms. The molecule has 1 heterocycles. The summed E-state index contributed by atoms with van der Waals surface area (Å²) in [5.41, 5.74) is 3.64. The van der Waals surface area contributed by atoms with Gasteiger partial charge in [0.05, 0.1) is 18.5 Å².